The van der Waals surface area contributed by atoms with Crippen molar-refractivity contribution in [1.82, 2.24) is 0 Å². The van der Waals surface area contributed by atoms with Crippen molar-refractivity contribution < 1.29 is 8.42 Å². The zero-order chi connectivity index (χ0) is 11.3. The van der Waals surface area contributed by atoms with Crippen molar-refractivity contribution in [3.8, 4) is 0 Å². The van der Waals surface area contributed by atoms with Gasteiger partial charge >= 0.3 is 0 Å². The van der Waals surface area contributed by atoms with Gasteiger partial charge in [0.1, 0.15) is 0 Å². The van der Waals surface area contributed by atoms with Gasteiger partial charge in [-0.3, -0.25) is 0 Å². The van der Waals surface area contributed by atoms with Gasteiger partial charge in [0.25, 0.3) is 0 Å². The lowest BCUT2D eigenvalue weighted by Gasteiger charge is -2.32. The summed E-state index contributed by atoms with van der Waals surface area (Å²) in [6.45, 7) is 6.22. The number of fused-ring (bicyclic) bond motifs is 1. The number of benzene rings is 1. The van der Waals surface area contributed by atoms with Crippen molar-refractivity contribution >= 4 is 9.84 Å². The second-order valence-corrected chi connectivity index (χ2v) is 7.03. The maximum Gasteiger partial charge on any atom is 0.178 e. The number of hydrogen-bond donors (Lipinski definition) is 0. The summed E-state index contributed by atoms with van der Waals surface area (Å²) in [5.41, 5.74) is 2.08. The van der Waals surface area contributed by atoms with Crippen LogP contribution in [0.4, 0.5) is 0 Å². The van der Waals surface area contributed by atoms with Gasteiger partial charge in [-0.1, -0.05) is 31.5 Å². The van der Waals surface area contributed by atoms with E-state index in [1.165, 1.54) is 0 Å². The zero-order valence-corrected chi connectivity index (χ0v) is 10.2. The molecule has 0 N–H and O–H groups in total. The Kier molecular flexibility index (Phi) is 2.19. The van der Waals surface area contributed by atoms with E-state index in [1.807, 2.05) is 19.1 Å². The maximum absolute atomic E-state index is 11.9. The van der Waals surface area contributed by atoms with Crippen molar-refractivity contribution in [2.45, 2.75) is 37.5 Å². The highest BCUT2D eigenvalue weighted by Crippen LogP contribution is 2.38. The van der Waals surface area contributed by atoms with Gasteiger partial charge in [-0.05, 0) is 30.4 Å². The van der Waals surface area contributed by atoms with Crippen molar-refractivity contribution in [1.29, 1.82) is 0 Å². The lowest BCUT2D eigenvalue weighted by atomic mass is 9.81. The predicted molar refractivity (Wildman–Crippen MR) is 60.9 cm³/mol. The summed E-state index contributed by atoms with van der Waals surface area (Å²) in [6.07, 6.45) is 0.714. The standard InChI is InChI=1S/C12H16O2S/c1-9-4-5-11-10(8-9)12(2,3)6-7-15(11,13)14/h4-5,8H,6-7H2,1-3H3. The minimum atomic E-state index is -3.03. The van der Waals surface area contributed by atoms with E-state index < -0.39 is 9.84 Å². The molecule has 3 heteroatoms. The Morgan fingerprint density at radius 1 is 1.27 bits per heavy atom. The van der Waals surface area contributed by atoms with Crippen LogP contribution in [0.5, 0.6) is 0 Å². The quantitative estimate of drug-likeness (QED) is 0.678. The molecule has 0 unspecified atom stereocenters. The summed E-state index contributed by atoms with van der Waals surface area (Å²) >= 11 is 0. The van der Waals surface area contributed by atoms with Crippen LogP contribution in [-0.2, 0) is 15.3 Å². The molecule has 2 nitrogen and oxygen atoms in total. The fourth-order valence-corrected chi connectivity index (χ4v) is 4.02. The largest absolute Gasteiger partial charge is 0.224 e. The highest BCUT2D eigenvalue weighted by Gasteiger charge is 2.35. The first-order valence-corrected chi connectivity index (χ1v) is 6.82. The molecule has 0 fully saturated rings. The van der Waals surface area contributed by atoms with Crippen LogP contribution in [0.25, 0.3) is 0 Å². The molecule has 82 valence electrons. The van der Waals surface area contributed by atoms with E-state index in [1.54, 1.807) is 6.07 Å². The van der Waals surface area contributed by atoms with Crippen LogP contribution in [0.2, 0.25) is 0 Å². The Morgan fingerprint density at radius 3 is 2.60 bits per heavy atom. The molecule has 1 heterocycles. The van der Waals surface area contributed by atoms with Crippen molar-refractivity contribution in [2.75, 3.05) is 5.75 Å². The molecule has 0 amide bonds. The van der Waals surface area contributed by atoms with Gasteiger partial charge in [0.2, 0.25) is 0 Å². The minimum absolute atomic E-state index is 0.0212. The van der Waals surface area contributed by atoms with Gasteiger partial charge in [0.05, 0.1) is 10.6 Å². The van der Waals surface area contributed by atoms with Crippen LogP contribution < -0.4 is 0 Å². The summed E-state index contributed by atoms with van der Waals surface area (Å²) in [4.78, 5) is 0.532. The molecule has 0 bridgehead atoms. The van der Waals surface area contributed by atoms with Crippen molar-refractivity contribution in [3.05, 3.63) is 29.3 Å². The normalized spacial score (nSPS) is 22.1. The molecule has 2 rings (SSSR count). The Balaban J connectivity index is 2.76. The van der Waals surface area contributed by atoms with Gasteiger partial charge in [0.15, 0.2) is 9.84 Å². The summed E-state index contributed by atoms with van der Waals surface area (Å²) < 4.78 is 23.7. The van der Waals surface area contributed by atoms with Crippen LogP contribution in [0, 0.1) is 6.92 Å². The zero-order valence-electron chi connectivity index (χ0n) is 9.37. The van der Waals surface area contributed by atoms with E-state index in [0.29, 0.717) is 11.3 Å². The average molecular weight is 224 g/mol. The monoisotopic (exact) mass is 224 g/mol. The van der Waals surface area contributed by atoms with E-state index in [4.69, 9.17) is 0 Å². The van der Waals surface area contributed by atoms with Crippen LogP contribution in [-0.4, -0.2) is 14.2 Å². The third-order valence-electron chi connectivity index (χ3n) is 3.20. The predicted octanol–water partition coefficient (Wildman–Crippen LogP) is 2.45. The third kappa shape index (κ3) is 1.69. The molecule has 0 atom stereocenters. The van der Waals surface area contributed by atoms with Crippen LogP contribution in [0.1, 0.15) is 31.4 Å². The van der Waals surface area contributed by atoms with Gasteiger partial charge in [-0.25, -0.2) is 8.42 Å². The molecule has 0 saturated heterocycles. The smallest absolute Gasteiger partial charge is 0.178 e. The van der Waals surface area contributed by atoms with E-state index in [2.05, 4.69) is 13.8 Å². The number of rotatable bonds is 0. The third-order valence-corrected chi connectivity index (χ3v) is 4.96. The highest BCUT2D eigenvalue weighted by atomic mass is 32.2. The highest BCUT2D eigenvalue weighted by molar-refractivity contribution is 7.91. The van der Waals surface area contributed by atoms with E-state index in [0.717, 1.165) is 11.1 Å². The fourth-order valence-electron chi connectivity index (χ4n) is 2.08. The number of hydrogen-bond acceptors (Lipinski definition) is 2. The first-order valence-electron chi connectivity index (χ1n) is 5.17. The summed E-state index contributed by atoms with van der Waals surface area (Å²) in [5, 5.41) is 0. The molecule has 0 aromatic heterocycles. The molecule has 15 heavy (non-hydrogen) atoms. The molecular formula is C12H16O2S. The molecular weight excluding hydrogens is 208 g/mol. The average Bonchev–Trinajstić information content (AvgIpc) is 2.13. The summed E-state index contributed by atoms with van der Waals surface area (Å²) in [6, 6.07) is 5.63. The molecule has 1 aromatic carbocycles. The Bertz CT molecular complexity index is 498. The van der Waals surface area contributed by atoms with E-state index in [-0.39, 0.29) is 11.2 Å². The van der Waals surface area contributed by atoms with Crippen molar-refractivity contribution in [2.24, 2.45) is 0 Å². The molecule has 0 aliphatic carbocycles. The molecule has 0 radical (unpaired) electrons. The van der Waals surface area contributed by atoms with Crippen LogP contribution in [0.3, 0.4) is 0 Å². The van der Waals surface area contributed by atoms with Crippen LogP contribution in [0.15, 0.2) is 23.1 Å². The number of sulfone groups is 1. The minimum Gasteiger partial charge on any atom is -0.224 e. The Hall–Kier alpha value is -0.830. The lowest BCUT2D eigenvalue weighted by molar-refractivity contribution is 0.472. The Morgan fingerprint density at radius 2 is 1.93 bits per heavy atom. The molecule has 1 aromatic rings. The van der Waals surface area contributed by atoms with Crippen LogP contribution >= 0.6 is 0 Å². The molecule has 1 aliphatic rings. The Labute approximate surface area is 91.2 Å². The number of aryl methyl sites for hydroxylation is 1. The lowest BCUT2D eigenvalue weighted by Crippen LogP contribution is -2.30. The first kappa shape index (κ1) is 10.7. The van der Waals surface area contributed by atoms with E-state index in [9.17, 15) is 8.42 Å². The molecule has 0 spiro atoms. The second-order valence-electron chi connectivity index (χ2n) is 4.95. The molecule has 0 saturated carbocycles. The van der Waals surface area contributed by atoms with Gasteiger partial charge < -0.3 is 0 Å². The van der Waals surface area contributed by atoms with E-state index >= 15 is 0 Å². The van der Waals surface area contributed by atoms with Gasteiger partial charge in [-0.2, -0.15) is 0 Å². The second kappa shape index (κ2) is 3.08. The van der Waals surface area contributed by atoms with Crippen molar-refractivity contribution in [3.63, 3.8) is 0 Å². The summed E-state index contributed by atoms with van der Waals surface area (Å²) in [5.74, 6) is 0.274. The topological polar surface area (TPSA) is 34.1 Å². The first-order chi connectivity index (χ1) is 6.83. The van der Waals surface area contributed by atoms with Gasteiger partial charge in [0, 0.05) is 0 Å². The maximum atomic E-state index is 11.9. The van der Waals surface area contributed by atoms with Gasteiger partial charge in [-0.15, -0.1) is 0 Å². The fraction of sp³-hybridized carbons (Fsp3) is 0.500. The SMILES string of the molecule is Cc1ccc2c(c1)C(C)(C)CCS2(=O)=O. The molecule has 1 aliphatic heterocycles. The summed E-state index contributed by atoms with van der Waals surface area (Å²) in [7, 11) is -3.03.